The Morgan fingerprint density at radius 2 is 1.82 bits per heavy atom. The molecule has 0 atom stereocenters. The highest BCUT2D eigenvalue weighted by Gasteiger charge is 2.25. The first kappa shape index (κ1) is 20.2. The van der Waals surface area contributed by atoms with E-state index in [1.165, 1.54) is 0 Å². The van der Waals surface area contributed by atoms with E-state index in [2.05, 4.69) is 4.57 Å². The molecule has 0 aliphatic rings. The fourth-order valence-electron chi connectivity index (χ4n) is 3.35. The zero-order valence-corrected chi connectivity index (χ0v) is 16.1. The van der Waals surface area contributed by atoms with Gasteiger partial charge >= 0.3 is 6.18 Å². The van der Waals surface area contributed by atoms with Gasteiger partial charge in [0.25, 0.3) is 0 Å². The Morgan fingerprint density at radius 1 is 1.04 bits per heavy atom. The summed E-state index contributed by atoms with van der Waals surface area (Å²) < 4.78 is 39.0. The normalized spacial score (nSPS) is 11.8. The summed E-state index contributed by atoms with van der Waals surface area (Å²) in [4.78, 5) is 0.333. The van der Waals surface area contributed by atoms with Crippen molar-refractivity contribution in [2.24, 2.45) is 5.73 Å². The van der Waals surface area contributed by atoms with Crippen molar-refractivity contribution in [3.8, 4) is 11.1 Å². The summed E-state index contributed by atoms with van der Waals surface area (Å²) in [6.07, 6.45) is -1.46. The summed E-state index contributed by atoms with van der Waals surface area (Å²) in [6.45, 7) is 0.632. The molecule has 3 rings (SSSR count). The molecule has 3 nitrogen and oxygen atoms in total. The largest absolute Gasteiger partial charge is 0.399 e. The van der Waals surface area contributed by atoms with Crippen LogP contribution in [0.25, 0.3) is 22.0 Å². The lowest BCUT2D eigenvalue weighted by Gasteiger charge is -2.07. The summed E-state index contributed by atoms with van der Waals surface area (Å²) in [6, 6.07) is 13.4. The van der Waals surface area contributed by atoms with E-state index in [0.29, 0.717) is 30.1 Å². The summed E-state index contributed by atoms with van der Waals surface area (Å²) >= 11 is 5.07. The van der Waals surface area contributed by atoms with Gasteiger partial charge in [0.15, 0.2) is 0 Å². The van der Waals surface area contributed by atoms with Crippen molar-refractivity contribution in [1.82, 2.24) is 4.57 Å². The molecule has 0 saturated carbocycles. The van der Waals surface area contributed by atoms with Gasteiger partial charge in [-0.1, -0.05) is 42.9 Å². The topological polar surface area (TPSA) is 57.0 Å². The lowest BCUT2D eigenvalue weighted by Crippen LogP contribution is -2.08. The summed E-state index contributed by atoms with van der Waals surface area (Å²) in [5.41, 5.74) is 16.1. The van der Waals surface area contributed by atoms with Crippen LogP contribution in [0, 0.1) is 0 Å². The summed E-state index contributed by atoms with van der Waals surface area (Å²) in [7, 11) is 0. The van der Waals surface area contributed by atoms with Gasteiger partial charge in [-0.15, -0.1) is 0 Å². The van der Waals surface area contributed by atoms with Crippen molar-refractivity contribution in [3.05, 3.63) is 54.2 Å². The quantitative estimate of drug-likeness (QED) is 0.303. The first-order valence-electron chi connectivity index (χ1n) is 9.10. The number of hydrogen-bond acceptors (Lipinski definition) is 2. The number of nitrogens with zero attached hydrogens (tertiary/aromatic N) is 1. The number of nitrogens with two attached hydrogens (primary N) is 2. The highest BCUT2D eigenvalue weighted by molar-refractivity contribution is 7.80. The second-order valence-corrected chi connectivity index (χ2v) is 7.32. The molecule has 0 aliphatic carbocycles. The molecule has 0 aliphatic heterocycles. The lowest BCUT2D eigenvalue weighted by molar-refractivity contribution is -0.135. The fourth-order valence-corrected chi connectivity index (χ4v) is 3.48. The van der Waals surface area contributed by atoms with Crippen LogP contribution in [0.2, 0.25) is 0 Å². The highest BCUT2D eigenvalue weighted by Crippen LogP contribution is 2.33. The number of thiocarbonyl (C=S) groups is 1. The van der Waals surface area contributed by atoms with Gasteiger partial charge in [-0.25, -0.2) is 0 Å². The van der Waals surface area contributed by atoms with Crippen molar-refractivity contribution in [1.29, 1.82) is 0 Å². The minimum Gasteiger partial charge on any atom is -0.399 e. The average Bonchev–Trinajstić information content (AvgIpc) is 2.98. The van der Waals surface area contributed by atoms with Crippen LogP contribution in [0.1, 0.15) is 31.2 Å². The summed E-state index contributed by atoms with van der Waals surface area (Å²) in [5.74, 6) is 0. The number of aryl methyl sites for hydroxylation is 1. The Labute approximate surface area is 167 Å². The van der Waals surface area contributed by atoms with Gasteiger partial charge in [0.05, 0.1) is 5.52 Å². The van der Waals surface area contributed by atoms with Crippen molar-refractivity contribution >= 4 is 33.8 Å². The van der Waals surface area contributed by atoms with Crippen molar-refractivity contribution in [2.75, 3.05) is 5.73 Å². The van der Waals surface area contributed by atoms with E-state index in [0.717, 1.165) is 27.6 Å². The van der Waals surface area contributed by atoms with Crippen LogP contribution in [-0.4, -0.2) is 15.7 Å². The molecule has 0 fully saturated rings. The molecule has 4 N–H and O–H groups in total. The number of rotatable bonds is 7. The van der Waals surface area contributed by atoms with E-state index in [4.69, 9.17) is 23.7 Å². The van der Waals surface area contributed by atoms with Crippen LogP contribution >= 0.6 is 12.2 Å². The minimum atomic E-state index is -4.09. The molecule has 1 aromatic heterocycles. The van der Waals surface area contributed by atoms with Crippen LogP contribution in [0.15, 0.2) is 48.7 Å². The molecule has 3 aromatic rings. The van der Waals surface area contributed by atoms with Crippen LogP contribution < -0.4 is 11.5 Å². The second kappa shape index (κ2) is 8.22. The number of fused-ring (bicyclic) bond motifs is 1. The van der Waals surface area contributed by atoms with Gasteiger partial charge in [0.1, 0.15) is 4.99 Å². The zero-order chi connectivity index (χ0) is 20.3. The van der Waals surface area contributed by atoms with Gasteiger partial charge < -0.3 is 16.0 Å². The third-order valence-corrected chi connectivity index (χ3v) is 4.96. The standard InChI is InChI=1S/C21H22F3N3S/c22-21(23,24)9-2-1-3-10-27-13-18(17-8-7-16(25)12-19(17)27)14-5-4-6-15(11-14)20(26)28/h4-8,11-13H,1-3,9-10,25H2,(H2,26,28). The molecule has 148 valence electrons. The van der Waals surface area contributed by atoms with E-state index in [1.807, 2.05) is 48.7 Å². The van der Waals surface area contributed by atoms with Crippen LogP contribution in [0.5, 0.6) is 0 Å². The molecule has 0 bridgehead atoms. The Kier molecular flexibility index (Phi) is 5.93. The lowest BCUT2D eigenvalue weighted by atomic mass is 10.0. The van der Waals surface area contributed by atoms with Crippen molar-refractivity contribution in [2.45, 2.75) is 38.4 Å². The summed E-state index contributed by atoms with van der Waals surface area (Å²) in [5, 5.41) is 1.03. The number of aromatic nitrogens is 1. The van der Waals surface area contributed by atoms with Crippen molar-refractivity contribution in [3.63, 3.8) is 0 Å². The Bertz CT molecular complexity index is 992. The monoisotopic (exact) mass is 405 g/mol. The van der Waals surface area contributed by atoms with Crippen LogP contribution in [0.4, 0.5) is 18.9 Å². The SMILES string of the molecule is NC(=S)c1cccc(-c2cn(CCCCCC(F)(F)F)c3cc(N)ccc23)c1. The molecular weight excluding hydrogens is 383 g/mol. The molecule has 0 spiro atoms. The molecule has 0 unspecified atom stereocenters. The van der Waals surface area contributed by atoms with Crippen LogP contribution in [-0.2, 0) is 6.54 Å². The number of benzene rings is 2. The van der Waals surface area contributed by atoms with Crippen molar-refractivity contribution < 1.29 is 13.2 Å². The van der Waals surface area contributed by atoms with E-state index in [9.17, 15) is 13.2 Å². The maximum atomic E-state index is 12.3. The molecule has 0 radical (unpaired) electrons. The van der Waals surface area contributed by atoms with E-state index in [-0.39, 0.29) is 6.42 Å². The van der Waals surface area contributed by atoms with E-state index in [1.54, 1.807) is 0 Å². The number of hydrogen-bond donors (Lipinski definition) is 2. The average molecular weight is 405 g/mol. The smallest absolute Gasteiger partial charge is 0.389 e. The fraction of sp³-hybridized carbons (Fsp3) is 0.286. The maximum Gasteiger partial charge on any atom is 0.389 e. The first-order chi connectivity index (χ1) is 13.2. The van der Waals surface area contributed by atoms with Gasteiger partial charge in [0, 0.05) is 41.4 Å². The van der Waals surface area contributed by atoms with Gasteiger partial charge in [0.2, 0.25) is 0 Å². The number of alkyl halides is 3. The third kappa shape index (κ3) is 4.84. The maximum absolute atomic E-state index is 12.3. The van der Waals surface area contributed by atoms with Gasteiger partial charge in [-0.2, -0.15) is 13.2 Å². The van der Waals surface area contributed by atoms with Crippen LogP contribution in [0.3, 0.4) is 0 Å². The number of halogens is 3. The molecule has 28 heavy (non-hydrogen) atoms. The number of unbranched alkanes of at least 4 members (excludes halogenated alkanes) is 2. The molecule has 0 saturated heterocycles. The zero-order valence-electron chi connectivity index (χ0n) is 15.3. The highest BCUT2D eigenvalue weighted by atomic mass is 32.1. The predicted octanol–water partition coefficient (Wildman–Crippen LogP) is 5.65. The second-order valence-electron chi connectivity index (χ2n) is 6.88. The molecular formula is C21H22F3N3S. The van der Waals surface area contributed by atoms with E-state index >= 15 is 0 Å². The van der Waals surface area contributed by atoms with Gasteiger partial charge in [-0.05, 0) is 36.6 Å². The number of anilines is 1. The predicted molar refractivity (Wildman–Crippen MR) is 112 cm³/mol. The Morgan fingerprint density at radius 3 is 2.54 bits per heavy atom. The Hall–Kier alpha value is -2.54. The third-order valence-electron chi connectivity index (χ3n) is 4.72. The molecule has 7 heteroatoms. The molecule has 2 aromatic carbocycles. The van der Waals surface area contributed by atoms with E-state index < -0.39 is 12.6 Å². The number of nitrogen functional groups attached to an aromatic ring is 1. The molecule has 1 heterocycles. The minimum absolute atomic E-state index is 0.147. The molecule has 0 amide bonds. The van der Waals surface area contributed by atoms with Gasteiger partial charge in [-0.3, -0.25) is 0 Å². The Balaban J connectivity index is 1.87. The first-order valence-corrected chi connectivity index (χ1v) is 9.51.